The molecule has 0 heterocycles. The lowest BCUT2D eigenvalue weighted by atomic mass is 10.1. The van der Waals surface area contributed by atoms with Crippen LogP contribution in [0.25, 0.3) is 10.8 Å². The lowest BCUT2D eigenvalue weighted by Crippen LogP contribution is -1.75. The Morgan fingerprint density at radius 3 is 2.36 bits per heavy atom. The van der Waals surface area contributed by atoms with Gasteiger partial charge in [-0.25, -0.2) is 0 Å². The first-order valence-corrected chi connectivity index (χ1v) is 3.36. The van der Waals surface area contributed by atoms with Crippen molar-refractivity contribution in [3.8, 4) is 0 Å². The van der Waals surface area contributed by atoms with Crippen LogP contribution in [0.1, 0.15) is 18.6 Å². The van der Waals surface area contributed by atoms with Crippen LogP contribution in [-0.2, 0) is 0 Å². The third kappa shape index (κ3) is 0.881. The highest BCUT2D eigenvalue weighted by Crippen LogP contribution is 2.21. The molecule has 0 aliphatic heterocycles. The number of fused-ring (bicyclic) bond motifs is 1. The fraction of sp³-hybridized carbons (Fsp3) is 0.300. The van der Waals surface area contributed by atoms with E-state index in [2.05, 4.69) is 0 Å². The first kappa shape index (κ1) is 7.99. The summed E-state index contributed by atoms with van der Waals surface area (Å²) in [4.78, 5) is 10.9. The van der Waals surface area contributed by atoms with Crippen molar-refractivity contribution in [3.05, 3.63) is 33.5 Å². The molecule has 2 rings (SSSR count). The predicted molar refractivity (Wildman–Crippen MR) is 48.8 cm³/mol. The monoisotopic (exact) mass is 148 g/mol. The highest BCUT2D eigenvalue weighted by atomic mass is 16.1. The van der Waals surface area contributed by atoms with Gasteiger partial charge in [0.05, 0.1) is 0 Å². The van der Waals surface area contributed by atoms with Crippen LogP contribution < -0.4 is 5.43 Å². The lowest BCUT2D eigenvalue weighted by Gasteiger charge is -1.91. The van der Waals surface area contributed by atoms with Crippen molar-refractivity contribution in [1.29, 1.82) is 0 Å². The Balaban J connectivity index is 0.000000605. The second-order valence-electron chi connectivity index (χ2n) is 2.76. The van der Waals surface area contributed by atoms with Crippen molar-refractivity contribution >= 4 is 10.8 Å². The average molecular weight is 148 g/mol. The van der Waals surface area contributed by atoms with Gasteiger partial charge in [0.2, 0.25) is 0 Å². The Labute approximate surface area is 66.3 Å². The van der Waals surface area contributed by atoms with Gasteiger partial charge in [-0.2, -0.15) is 0 Å². The van der Waals surface area contributed by atoms with Gasteiger partial charge in [0, 0.05) is 10.8 Å². The van der Waals surface area contributed by atoms with Gasteiger partial charge in [-0.3, -0.25) is 4.79 Å². The molecule has 2 aromatic rings. The summed E-state index contributed by atoms with van der Waals surface area (Å²) in [6.45, 7) is 4.03. The first-order chi connectivity index (χ1) is 4.72. The minimum absolute atomic E-state index is 0. The quantitative estimate of drug-likeness (QED) is 0.560. The van der Waals surface area contributed by atoms with Gasteiger partial charge in [0.15, 0.2) is 5.43 Å². The number of hydrogen-bond donors (Lipinski definition) is 0. The van der Waals surface area contributed by atoms with Gasteiger partial charge in [-0.1, -0.05) is 19.6 Å². The number of rotatable bonds is 0. The third-order valence-corrected chi connectivity index (χ3v) is 2.15. The Morgan fingerprint density at radius 2 is 1.82 bits per heavy atom. The zero-order chi connectivity index (χ0) is 7.30. The van der Waals surface area contributed by atoms with E-state index < -0.39 is 0 Å². The number of hydrogen-bond acceptors (Lipinski definition) is 1. The standard InChI is InChI=1S/C9H8O.CH4/c1-5-3-4-7-8(6(5)2)9(7)10;/h3-4H,1-2H3;1H4. The van der Waals surface area contributed by atoms with Crippen molar-refractivity contribution in [1.82, 2.24) is 0 Å². The second kappa shape index (κ2) is 2.19. The van der Waals surface area contributed by atoms with Gasteiger partial charge in [0.25, 0.3) is 0 Å². The zero-order valence-corrected chi connectivity index (χ0v) is 6.06. The first-order valence-electron chi connectivity index (χ1n) is 3.36. The summed E-state index contributed by atoms with van der Waals surface area (Å²) < 4.78 is 0. The fourth-order valence-corrected chi connectivity index (χ4v) is 1.25. The Morgan fingerprint density at radius 1 is 1.18 bits per heavy atom. The van der Waals surface area contributed by atoms with Crippen LogP contribution in [0.4, 0.5) is 0 Å². The summed E-state index contributed by atoms with van der Waals surface area (Å²) in [6, 6.07) is 3.90. The minimum atomic E-state index is 0. The second-order valence-corrected chi connectivity index (χ2v) is 2.76. The molecule has 1 nitrogen and oxygen atoms in total. The molecule has 0 saturated heterocycles. The largest absolute Gasteiger partial charge is 0.289 e. The SMILES string of the molecule is C.Cc1ccc2c(=O)c2c1C. The molecule has 0 spiro atoms. The summed E-state index contributed by atoms with van der Waals surface area (Å²) in [6.07, 6.45) is 0. The summed E-state index contributed by atoms with van der Waals surface area (Å²) in [7, 11) is 0. The molecule has 0 atom stereocenters. The smallest absolute Gasteiger partial charge is 0.194 e. The van der Waals surface area contributed by atoms with Crippen LogP contribution in [0, 0.1) is 13.8 Å². The molecular weight excluding hydrogens is 136 g/mol. The molecular formula is C10H12O. The van der Waals surface area contributed by atoms with Gasteiger partial charge >= 0.3 is 0 Å². The molecule has 0 aliphatic carbocycles. The van der Waals surface area contributed by atoms with E-state index in [1.54, 1.807) is 0 Å². The number of benzene rings is 1. The lowest BCUT2D eigenvalue weighted by molar-refractivity contribution is 1.39. The summed E-state index contributed by atoms with van der Waals surface area (Å²) >= 11 is 0. The maximum absolute atomic E-state index is 10.9. The molecule has 0 fully saturated rings. The summed E-state index contributed by atoms with van der Waals surface area (Å²) in [5.74, 6) is 0. The van der Waals surface area contributed by atoms with Crippen LogP contribution in [-0.4, -0.2) is 0 Å². The Hall–Kier alpha value is -1.11. The molecule has 0 radical (unpaired) electrons. The molecule has 1 heteroatoms. The van der Waals surface area contributed by atoms with E-state index >= 15 is 0 Å². The van der Waals surface area contributed by atoms with Crippen LogP contribution in [0.3, 0.4) is 0 Å². The molecule has 0 amide bonds. The van der Waals surface area contributed by atoms with E-state index in [1.807, 2.05) is 26.0 Å². The maximum Gasteiger partial charge on any atom is 0.194 e. The topological polar surface area (TPSA) is 17.1 Å². The van der Waals surface area contributed by atoms with Crippen LogP contribution in [0.2, 0.25) is 0 Å². The predicted octanol–water partition coefficient (Wildman–Crippen LogP) is 2.33. The molecule has 2 aromatic carbocycles. The molecule has 0 aliphatic rings. The Kier molecular flexibility index (Phi) is 1.59. The van der Waals surface area contributed by atoms with Crippen LogP contribution in [0.5, 0.6) is 0 Å². The molecule has 11 heavy (non-hydrogen) atoms. The molecule has 0 N–H and O–H groups in total. The van der Waals surface area contributed by atoms with Crippen molar-refractivity contribution in [2.24, 2.45) is 0 Å². The van der Waals surface area contributed by atoms with E-state index in [0.717, 1.165) is 16.3 Å². The molecule has 0 bridgehead atoms. The van der Waals surface area contributed by atoms with E-state index in [9.17, 15) is 4.79 Å². The maximum atomic E-state index is 10.9. The van der Waals surface area contributed by atoms with Crippen molar-refractivity contribution in [2.45, 2.75) is 21.3 Å². The fourth-order valence-electron chi connectivity index (χ4n) is 1.25. The zero-order valence-electron chi connectivity index (χ0n) is 6.06. The molecule has 58 valence electrons. The van der Waals surface area contributed by atoms with Crippen molar-refractivity contribution < 1.29 is 0 Å². The van der Waals surface area contributed by atoms with Crippen molar-refractivity contribution in [3.63, 3.8) is 0 Å². The van der Waals surface area contributed by atoms with Gasteiger partial charge in [-0.05, 0) is 25.0 Å². The van der Waals surface area contributed by atoms with Gasteiger partial charge in [0.1, 0.15) is 0 Å². The summed E-state index contributed by atoms with van der Waals surface area (Å²) in [5.41, 5.74) is 2.61. The highest BCUT2D eigenvalue weighted by Gasteiger charge is 2.14. The average Bonchev–Trinajstić information content (AvgIpc) is 2.54. The summed E-state index contributed by atoms with van der Waals surface area (Å²) in [5, 5.41) is 1.88. The van der Waals surface area contributed by atoms with E-state index in [4.69, 9.17) is 0 Å². The number of aryl methyl sites for hydroxylation is 2. The normalized spacial score (nSPS) is 10.4. The minimum Gasteiger partial charge on any atom is -0.289 e. The highest BCUT2D eigenvalue weighted by molar-refractivity contribution is 6.00. The van der Waals surface area contributed by atoms with E-state index in [0.29, 0.717) is 0 Å². The van der Waals surface area contributed by atoms with Gasteiger partial charge < -0.3 is 0 Å². The molecule has 0 saturated carbocycles. The van der Waals surface area contributed by atoms with Crippen LogP contribution in [0.15, 0.2) is 16.9 Å². The van der Waals surface area contributed by atoms with E-state index in [-0.39, 0.29) is 12.9 Å². The van der Waals surface area contributed by atoms with Gasteiger partial charge in [-0.15, -0.1) is 0 Å². The molecule has 0 aromatic heterocycles. The third-order valence-electron chi connectivity index (χ3n) is 2.15. The van der Waals surface area contributed by atoms with Crippen molar-refractivity contribution in [2.75, 3.05) is 0 Å². The molecule has 0 unspecified atom stereocenters. The Bertz CT molecular complexity index is 403. The van der Waals surface area contributed by atoms with Crippen LogP contribution >= 0.6 is 0 Å². The van der Waals surface area contributed by atoms with E-state index in [1.165, 1.54) is 5.56 Å².